The monoisotopic (exact) mass is 250 g/mol. The predicted molar refractivity (Wildman–Crippen MR) is 73.1 cm³/mol. The van der Waals surface area contributed by atoms with E-state index >= 15 is 0 Å². The molecule has 4 nitrogen and oxygen atoms in total. The van der Waals surface area contributed by atoms with Crippen LogP contribution in [0, 0.1) is 0 Å². The first-order valence-electron chi connectivity index (χ1n) is 6.15. The van der Waals surface area contributed by atoms with Crippen molar-refractivity contribution in [3.05, 3.63) is 29.8 Å². The van der Waals surface area contributed by atoms with Gasteiger partial charge < -0.3 is 16.2 Å². The minimum absolute atomic E-state index is 0.0795. The van der Waals surface area contributed by atoms with E-state index in [2.05, 4.69) is 5.32 Å². The SMILES string of the molecule is CC(O)C(C)(C)NC(=O)CCc1ccccc1N. The first-order chi connectivity index (χ1) is 8.33. The van der Waals surface area contributed by atoms with E-state index < -0.39 is 11.6 Å². The number of anilines is 1. The number of rotatable bonds is 5. The maximum absolute atomic E-state index is 11.8. The summed E-state index contributed by atoms with van der Waals surface area (Å²) in [7, 11) is 0. The van der Waals surface area contributed by atoms with Crippen LogP contribution in [0.15, 0.2) is 24.3 Å². The van der Waals surface area contributed by atoms with Gasteiger partial charge in [0, 0.05) is 12.1 Å². The normalized spacial score (nSPS) is 13.1. The van der Waals surface area contributed by atoms with E-state index in [-0.39, 0.29) is 5.91 Å². The molecule has 4 N–H and O–H groups in total. The Bertz CT molecular complexity index is 414. The summed E-state index contributed by atoms with van der Waals surface area (Å²) < 4.78 is 0. The quantitative estimate of drug-likeness (QED) is 0.693. The Hall–Kier alpha value is -1.55. The first-order valence-corrected chi connectivity index (χ1v) is 6.15. The Morgan fingerprint density at radius 1 is 1.44 bits per heavy atom. The molecule has 1 amide bonds. The highest BCUT2D eigenvalue weighted by Gasteiger charge is 2.25. The molecule has 0 heterocycles. The molecule has 0 spiro atoms. The molecule has 0 saturated carbocycles. The molecule has 4 heteroatoms. The third-order valence-electron chi connectivity index (χ3n) is 3.18. The number of nitrogens with two attached hydrogens (primary N) is 1. The summed E-state index contributed by atoms with van der Waals surface area (Å²) >= 11 is 0. The molecule has 1 rings (SSSR count). The van der Waals surface area contributed by atoms with Crippen molar-refractivity contribution in [2.45, 2.75) is 45.3 Å². The zero-order chi connectivity index (χ0) is 13.8. The second kappa shape index (κ2) is 5.87. The summed E-state index contributed by atoms with van der Waals surface area (Å²) in [5, 5.41) is 12.3. The molecule has 18 heavy (non-hydrogen) atoms. The van der Waals surface area contributed by atoms with Crippen LogP contribution >= 0.6 is 0 Å². The van der Waals surface area contributed by atoms with Crippen LogP contribution in [0.3, 0.4) is 0 Å². The summed E-state index contributed by atoms with van der Waals surface area (Å²) in [5.41, 5.74) is 6.88. The number of para-hydroxylation sites is 1. The lowest BCUT2D eigenvalue weighted by Gasteiger charge is -2.29. The lowest BCUT2D eigenvalue weighted by atomic mass is 9.98. The Labute approximate surface area is 108 Å². The Morgan fingerprint density at radius 2 is 2.06 bits per heavy atom. The summed E-state index contributed by atoms with van der Waals surface area (Å²) in [6.45, 7) is 5.26. The number of nitrogens with one attached hydrogen (secondary N) is 1. The van der Waals surface area contributed by atoms with E-state index in [4.69, 9.17) is 5.73 Å². The number of carbonyl (C=O) groups is 1. The predicted octanol–water partition coefficient (Wildman–Crippen LogP) is 1.48. The molecule has 0 aliphatic carbocycles. The average Bonchev–Trinajstić information content (AvgIpc) is 2.27. The molecule has 1 unspecified atom stereocenters. The van der Waals surface area contributed by atoms with Gasteiger partial charge in [0.25, 0.3) is 0 Å². The second-order valence-corrected chi connectivity index (χ2v) is 5.14. The lowest BCUT2D eigenvalue weighted by Crippen LogP contribution is -2.51. The van der Waals surface area contributed by atoms with Gasteiger partial charge in [0.2, 0.25) is 5.91 Å². The van der Waals surface area contributed by atoms with Crippen LogP contribution in [-0.2, 0) is 11.2 Å². The summed E-state index contributed by atoms with van der Waals surface area (Å²) in [6, 6.07) is 7.52. The van der Waals surface area contributed by atoms with Crippen LogP contribution in [0.2, 0.25) is 0 Å². The van der Waals surface area contributed by atoms with Gasteiger partial charge in [-0.2, -0.15) is 0 Å². The molecule has 1 aromatic carbocycles. The summed E-state index contributed by atoms with van der Waals surface area (Å²) in [5.74, 6) is -0.0795. The van der Waals surface area contributed by atoms with Crippen molar-refractivity contribution in [2.75, 3.05) is 5.73 Å². The number of amides is 1. The summed E-state index contributed by atoms with van der Waals surface area (Å²) in [6.07, 6.45) is 0.377. The van der Waals surface area contributed by atoms with E-state index in [0.717, 1.165) is 5.56 Å². The van der Waals surface area contributed by atoms with Crippen molar-refractivity contribution >= 4 is 11.6 Å². The van der Waals surface area contributed by atoms with Crippen LogP contribution in [0.4, 0.5) is 5.69 Å². The standard InChI is InChI=1S/C14H22N2O2/c1-10(17)14(2,3)16-13(18)9-8-11-6-4-5-7-12(11)15/h4-7,10,17H,8-9,15H2,1-3H3,(H,16,18). The second-order valence-electron chi connectivity index (χ2n) is 5.14. The largest absolute Gasteiger partial charge is 0.399 e. The van der Waals surface area contributed by atoms with Gasteiger partial charge in [-0.15, -0.1) is 0 Å². The van der Waals surface area contributed by atoms with Gasteiger partial charge in [-0.05, 0) is 38.8 Å². The van der Waals surface area contributed by atoms with Gasteiger partial charge in [0.15, 0.2) is 0 Å². The molecular formula is C14H22N2O2. The number of hydrogen-bond acceptors (Lipinski definition) is 3. The zero-order valence-corrected chi connectivity index (χ0v) is 11.2. The topological polar surface area (TPSA) is 75.3 Å². The number of hydrogen-bond donors (Lipinski definition) is 3. The van der Waals surface area contributed by atoms with Crippen LogP contribution < -0.4 is 11.1 Å². The molecule has 0 aliphatic rings. The lowest BCUT2D eigenvalue weighted by molar-refractivity contribution is -0.123. The maximum atomic E-state index is 11.8. The first kappa shape index (κ1) is 14.5. The van der Waals surface area contributed by atoms with Gasteiger partial charge in [-0.3, -0.25) is 4.79 Å². The van der Waals surface area contributed by atoms with Crippen LogP contribution in [0.25, 0.3) is 0 Å². The Kier molecular flexibility index (Phi) is 4.73. The van der Waals surface area contributed by atoms with Gasteiger partial charge in [-0.25, -0.2) is 0 Å². The zero-order valence-electron chi connectivity index (χ0n) is 11.2. The van der Waals surface area contributed by atoms with E-state index in [0.29, 0.717) is 18.5 Å². The molecule has 1 aromatic rings. The average molecular weight is 250 g/mol. The third kappa shape index (κ3) is 4.04. The number of benzene rings is 1. The molecule has 0 radical (unpaired) electrons. The van der Waals surface area contributed by atoms with Crippen molar-refractivity contribution in [1.82, 2.24) is 5.32 Å². The number of aliphatic hydroxyl groups excluding tert-OH is 1. The van der Waals surface area contributed by atoms with Crippen molar-refractivity contribution in [1.29, 1.82) is 0 Å². The van der Waals surface area contributed by atoms with Crippen molar-refractivity contribution in [3.63, 3.8) is 0 Å². The molecule has 0 aliphatic heterocycles. The molecular weight excluding hydrogens is 228 g/mol. The highest BCUT2D eigenvalue weighted by Crippen LogP contribution is 2.13. The van der Waals surface area contributed by atoms with E-state index in [1.54, 1.807) is 20.8 Å². The summed E-state index contributed by atoms with van der Waals surface area (Å²) in [4.78, 5) is 11.8. The number of nitrogen functional groups attached to an aromatic ring is 1. The van der Waals surface area contributed by atoms with Crippen LogP contribution in [0.1, 0.15) is 32.8 Å². The fourth-order valence-electron chi connectivity index (χ4n) is 1.54. The van der Waals surface area contributed by atoms with Crippen molar-refractivity contribution in [3.8, 4) is 0 Å². The van der Waals surface area contributed by atoms with Crippen molar-refractivity contribution < 1.29 is 9.90 Å². The van der Waals surface area contributed by atoms with E-state index in [1.165, 1.54) is 0 Å². The Morgan fingerprint density at radius 3 is 2.61 bits per heavy atom. The highest BCUT2D eigenvalue weighted by molar-refractivity contribution is 5.77. The van der Waals surface area contributed by atoms with E-state index in [1.807, 2.05) is 24.3 Å². The minimum Gasteiger partial charge on any atom is -0.399 e. The molecule has 0 saturated heterocycles. The van der Waals surface area contributed by atoms with Gasteiger partial charge in [0.05, 0.1) is 11.6 Å². The van der Waals surface area contributed by atoms with Gasteiger partial charge in [0.1, 0.15) is 0 Å². The smallest absolute Gasteiger partial charge is 0.220 e. The van der Waals surface area contributed by atoms with Gasteiger partial charge in [-0.1, -0.05) is 18.2 Å². The molecule has 1 atom stereocenters. The third-order valence-corrected chi connectivity index (χ3v) is 3.18. The number of carbonyl (C=O) groups excluding carboxylic acids is 1. The fourth-order valence-corrected chi connectivity index (χ4v) is 1.54. The van der Waals surface area contributed by atoms with Crippen molar-refractivity contribution in [2.24, 2.45) is 0 Å². The molecule has 0 fully saturated rings. The minimum atomic E-state index is -0.612. The van der Waals surface area contributed by atoms with Crippen LogP contribution in [-0.4, -0.2) is 22.7 Å². The fraction of sp³-hybridized carbons (Fsp3) is 0.500. The molecule has 0 bridgehead atoms. The molecule has 0 aromatic heterocycles. The number of aryl methyl sites for hydroxylation is 1. The number of aliphatic hydroxyl groups is 1. The van der Waals surface area contributed by atoms with Crippen LogP contribution in [0.5, 0.6) is 0 Å². The van der Waals surface area contributed by atoms with E-state index in [9.17, 15) is 9.90 Å². The maximum Gasteiger partial charge on any atom is 0.220 e. The molecule has 100 valence electrons. The highest BCUT2D eigenvalue weighted by atomic mass is 16.3. The van der Waals surface area contributed by atoms with Gasteiger partial charge >= 0.3 is 0 Å². The Balaban J connectivity index is 2.50.